The fourth-order valence-corrected chi connectivity index (χ4v) is 4.66. The van der Waals surface area contributed by atoms with Crippen molar-refractivity contribution >= 4 is 15.9 Å². The van der Waals surface area contributed by atoms with E-state index in [0.717, 1.165) is 6.04 Å². The smallest absolute Gasteiger partial charge is 0.0305 e. The van der Waals surface area contributed by atoms with E-state index in [1.54, 1.807) is 0 Å². The Labute approximate surface area is 125 Å². The molecule has 1 nitrogen and oxygen atoms in total. The number of benzene rings is 1. The van der Waals surface area contributed by atoms with Crippen molar-refractivity contribution in [2.45, 2.75) is 64.0 Å². The molecule has 0 aliphatic heterocycles. The van der Waals surface area contributed by atoms with Crippen molar-refractivity contribution < 1.29 is 0 Å². The lowest BCUT2D eigenvalue weighted by Crippen LogP contribution is -2.54. The number of hydrogen-bond donors (Lipinski definition) is 1. The van der Waals surface area contributed by atoms with Crippen LogP contribution in [-0.4, -0.2) is 6.04 Å². The first-order valence-corrected chi connectivity index (χ1v) is 8.51. The third-order valence-corrected chi connectivity index (χ3v) is 6.06. The molecule has 0 radical (unpaired) electrons. The summed E-state index contributed by atoms with van der Waals surface area (Å²) in [5.74, 6) is 0. The zero-order valence-corrected chi connectivity index (χ0v) is 13.4. The van der Waals surface area contributed by atoms with E-state index in [1.165, 1.54) is 55.0 Å². The molecule has 0 saturated heterocycles. The van der Waals surface area contributed by atoms with E-state index in [2.05, 4.69) is 52.4 Å². The molecule has 19 heavy (non-hydrogen) atoms. The highest BCUT2D eigenvalue weighted by Gasteiger charge is 2.46. The third kappa shape index (κ3) is 2.62. The summed E-state index contributed by atoms with van der Waals surface area (Å²) in [5.41, 5.74) is 2.04. The first kappa shape index (κ1) is 13.6. The maximum absolute atomic E-state index is 3.90. The van der Waals surface area contributed by atoms with E-state index in [1.807, 2.05) is 0 Å². The topological polar surface area (TPSA) is 12.0 Å². The molecule has 1 aromatic rings. The highest BCUT2D eigenvalue weighted by Crippen LogP contribution is 2.52. The second kappa shape index (κ2) is 5.57. The molecule has 104 valence electrons. The zero-order chi connectivity index (χ0) is 13.3. The molecule has 1 N–H and O–H groups in total. The lowest BCUT2D eigenvalue weighted by Gasteiger charge is -2.53. The van der Waals surface area contributed by atoms with Crippen LogP contribution in [0.4, 0.5) is 0 Å². The Balaban J connectivity index is 1.67. The fraction of sp³-hybridized carbons (Fsp3) is 0.647. The van der Waals surface area contributed by atoms with Gasteiger partial charge in [0, 0.05) is 16.6 Å². The molecule has 2 heteroatoms. The van der Waals surface area contributed by atoms with Crippen LogP contribution in [0.2, 0.25) is 0 Å². The molecule has 2 atom stereocenters. The number of halogens is 1. The van der Waals surface area contributed by atoms with Crippen LogP contribution in [0.25, 0.3) is 0 Å². The van der Waals surface area contributed by atoms with Crippen LogP contribution in [0.3, 0.4) is 0 Å². The number of nitrogens with one attached hydrogen (secondary N) is 1. The first-order chi connectivity index (χ1) is 9.21. The van der Waals surface area contributed by atoms with Gasteiger partial charge in [0.2, 0.25) is 0 Å². The van der Waals surface area contributed by atoms with Crippen molar-refractivity contribution in [3.63, 3.8) is 0 Å². The van der Waals surface area contributed by atoms with E-state index >= 15 is 0 Å². The zero-order valence-electron chi connectivity index (χ0n) is 11.8. The fourth-order valence-electron chi connectivity index (χ4n) is 4.03. The molecule has 0 heterocycles. The molecule has 1 aromatic carbocycles. The Morgan fingerprint density at radius 3 is 2.53 bits per heavy atom. The minimum atomic E-state index is 0.444. The molecule has 0 aromatic heterocycles. The normalized spacial score (nSPS) is 26.9. The van der Waals surface area contributed by atoms with Crippen LogP contribution in [0, 0.1) is 5.41 Å². The molecule has 3 rings (SSSR count). The molecule has 2 fully saturated rings. The predicted octanol–water partition coefficient (Wildman–Crippen LogP) is 5.21. The standard InChI is InChI=1S/C17H24BrN/c1-13(14-7-3-4-8-15(14)18)19-16-9-12-17(16)10-5-2-6-11-17/h3-4,7-8,13,16,19H,2,5-6,9-12H2,1H3/t13-,16?/m0/s1. The van der Waals surface area contributed by atoms with Gasteiger partial charge in [-0.25, -0.2) is 0 Å². The maximum Gasteiger partial charge on any atom is 0.0305 e. The Kier molecular flexibility index (Phi) is 4.00. The SMILES string of the molecule is C[C@H](NC1CCC12CCCCC2)c1ccccc1Br. The molecular formula is C17H24BrN. The maximum atomic E-state index is 3.90. The molecule has 2 saturated carbocycles. The van der Waals surface area contributed by atoms with Gasteiger partial charge in [-0.15, -0.1) is 0 Å². The van der Waals surface area contributed by atoms with Gasteiger partial charge >= 0.3 is 0 Å². The summed E-state index contributed by atoms with van der Waals surface area (Å²) in [6, 6.07) is 9.79. The average Bonchev–Trinajstić information content (AvgIpc) is 2.45. The molecule has 0 bridgehead atoms. The second-order valence-electron chi connectivity index (χ2n) is 6.42. The van der Waals surface area contributed by atoms with Crippen LogP contribution >= 0.6 is 15.9 Å². The predicted molar refractivity (Wildman–Crippen MR) is 84.2 cm³/mol. The molecular weight excluding hydrogens is 298 g/mol. The van der Waals surface area contributed by atoms with Crippen LogP contribution in [0.15, 0.2) is 28.7 Å². The number of rotatable bonds is 3. The van der Waals surface area contributed by atoms with Crippen LogP contribution in [0.5, 0.6) is 0 Å². The summed E-state index contributed by atoms with van der Waals surface area (Å²) in [4.78, 5) is 0. The summed E-state index contributed by atoms with van der Waals surface area (Å²) < 4.78 is 1.23. The lowest BCUT2D eigenvalue weighted by atomic mass is 9.57. The van der Waals surface area contributed by atoms with Crippen molar-refractivity contribution in [2.75, 3.05) is 0 Å². The van der Waals surface area contributed by atoms with Crippen molar-refractivity contribution in [3.05, 3.63) is 34.3 Å². The van der Waals surface area contributed by atoms with Crippen LogP contribution in [0.1, 0.15) is 63.5 Å². The van der Waals surface area contributed by atoms with E-state index in [4.69, 9.17) is 0 Å². The van der Waals surface area contributed by atoms with Gasteiger partial charge in [0.15, 0.2) is 0 Å². The highest BCUT2D eigenvalue weighted by molar-refractivity contribution is 9.10. The van der Waals surface area contributed by atoms with Gasteiger partial charge < -0.3 is 5.32 Å². The Morgan fingerprint density at radius 2 is 1.89 bits per heavy atom. The van der Waals surface area contributed by atoms with Crippen molar-refractivity contribution in [1.29, 1.82) is 0 Å². The third-order valence-electron chi connectivity index (χ3n) is 5.34. The van der Waals surface area contributed by atoms with E-state index < -0.39 is 0 Å². The minimum Gasteiger partial charge on any atom is -0.307 e. The largest absolute Gasteiger partial charge is 0.307 e. The molecule has 2 aliphatic carbocycles. The van der Waals surface area contributed by atoms with Gasteiger partial charge in [-0.1, -0.05) is 53.4 Å². The van der Waals surface area contributed by atoms with Crippen molar-refractivity contribution in [1.82, 2.24) is 5.32 Å². The Bertz CT molecular complexity index is 437. The molecule has 0 amide bonds. The quantitative estimate of drug-likeness (QED) is 0.805. The van der Waals surface area contributed by atoms with Gasteiger partial charge in [-0.05, 0) is 49.7 Å². The van der Waals surface area contributed by atoms with Gasteiger partial charge in [0.1, 0.15) is 0 Å². The summed E-state index contributed by atoms with van der Waals surface area (Å²) >= 11 is 3.67. The Hall–Kier alpha value is -0.340. The Morgan fingerprint density at radius 1 is 1.16 bits per heavy atom. The molecule has 2 aliphatic rings. The van der Waals surface area contributed by atoms with Crippen LogP contribution < -0.4 is 5.32 Å². The minimum absolute atomic E-state index is 0.444. The summed E-state index contributed by atoms with van der Waals surface area (Å²) in [7, 11) is 0. The highest BCUT2D eigenvalue weighted by atomic mass is 79.9. The van der Waals surface area contributed by atoms with Gasteiger partial charge in [0.25, 0.3) is 0 Å². The summed E-state index contributed by atoms with van der Waals surface area (Å²) in [6.45, 7) is 2.30. The van der Waals surface area contributed by atoms with E-state index in [-0.39, 0.29) is 0 Å². The molecule has 1 spiro atoms. The van der Waals surface area contributed by atoms with E-state index in [9.17, 15) is 0 Å². The lowest BCUT2D eigenvalue weighted by molar-refractivity contribution is 0.0174. The average molecular weight is 322 g/mol. The van der Waals surface area contributed by atoms with Gasteiger partial charge in [0.05, 0.1) is 0 Å². The van der Waals surface area contributed by atoms with Gasteiger partial charge in [-0.2, -0.15) is 0 Å². The van der Waals surface area contributed by atoms with Crippen LogP contribution in [-0.2, 0) is 0 Å². The summed E-state index contributed by atoms with van der Waals surface area (Å²) in [6.07, 6.45) is 10.1. The molecule has 1 unspecified atom stereocenters. The summed E-state index contributed by atoms with van der Waals surface area (Å²) in [5, 5.41) is 3.90. The van der Waals surface area contributed by atoms with Gasteiger partial charge in [-0.3, -0.25) is 0 Å². The first-order valence-electron chi connectivity index (χ1n) is 7.72. The van der Waals surface area contributed by atoms with E-state index in [0.29, 0.717) is 11.5 Å². The monoisotopic (exact) mass is 321 g/mol. The second-order valence-corrected chi connectivity index (χ2v) is 7.28. The van der Waals surface area contributed by atoms with Crippen molar-refractivity contribution in [3.8, 4) is 0 Å². The number of hydrogen-bond acceptors (Lipinski definition) is 1. The van der Waals surface area contributed by atoms with Crippen molar-refractivity contribution in [2.24, 2.45) is 5.41 Å².